The number of nitrogens with zero attached hydrogens (tertiary/aromatic N) is 1. The quantitative estimate of drug-likeness (QED) is 0.565. The third-order valence-electron chi connectivity index (χ3n) is 4.61. The van der Waals surface area contributed by atoms with Gasteiger partial charge in [-0.15, -0.1) is 0 Å². The van der Waals surface area contributed by atoms with Crippen LogP contribution < -0.4 is 0 Å². The Hall–Kier alpha value is -0.0400. The van der Waals surface area contributed by atoms with Crippen LogP contribution in [-0.2, 0) is 0 Å². The highest BCUT2D eigenvalue weighted by Gasteiger charge is 2.37. The lowest BCUT2D eigenvalue weighted by molar-refractivity contribution is -0.898. The molecule has 14 heavy (non-hydrogen) atoms. The van der Waals surface area contributed by atoms with Crippen molar-refractivity contribution >= 4 is 0 Å². The van der Waals surface area contributed by atoms with E-state index >= 15 is 0 Å². The summed E-state index contributed by atoms with van der Waals surface area (Å²) in [7, 11) is 7.11. The molecule has 0 N–H and O–H groups in total. The van der Waals surface area contributed by atoms with Crippen molar-refractivity contribution in [2.75, 3.05) is 21.1 Å². The normalized spacial score (nSPS) is 39.2. The van der Waals surface area contributed by atoms with E-state index in [4.69, 9.17) is 0 Å². The Labute approximate surface area is 89.1 Å². The lowest BCUT2D eigenvalue weighted by atomic mass is 9.69. The van der Waals surface area contributed by atoms with Crippen LogP contribution in [0.15, 0.2) is 0 Å². The van der Waals surface area contributed by atoms with E-state index < -0.39 is 0 Å². The van der Waals surface area contributed by atoms with Gasteiger partial charge in [-0.1, -0.05) is 19.3 Å². The van der Waals surface area contributed by atoms with Crippen molar-refractivity contribution < 1.29 is 4.48 Å². The molecule has 0 amide bonds. The second-order valence-electron chi connectivity index (χ2n) is 6.39. The first-order chi connectivity index (χ1) is 6.57. The Bertz CT molecular complexity index is 192. The summed E-state index contributed by atoms with van der Waals surface area (Å²) in [5.74, 6) is 2.19. The van der Waals surface area contributed by atoms with Gasteiger partial charge in [0, 0.05) is 6.42 Å². The lowest BCUT2D eigenvalue weighted by Gasteiger charge is -2.44. The van der Waals surface area contributed by atoms with Gasteiger partial charge in [0.25, 0.3) is 0 Å². The molecule has 0 heterocycles. The maximum atomic E-state index is 2.37. The largest absolute Gasteiger partial charge is 0.328 e. The molecule has 0 aliphatic heterocycles. The highest BCUT2D eigenvalue weighted by atomic mass is 15.3. The molecule has 0 aromatic rings. The molecule has 2 rings (SSSR count). The molecule has 1 nitrogen and oxygen atoms in total. The fraction of sp³-hybridized carbons (Fsp3) is 1.00. The first-order valence-electron chi connectivity index (χ1n) is 6.38. The fourth-order valence-electron chi connectivity index (χ4n) is 3.55. The second-order valence-corrected chi connectivity index (χ2v) is 6.39. The molecule has 3 atom stereocenters. The number of hydrogen-bond acceptors (Lipinski definition) is 0. The average Bonchev–Trinajstić information content (AvgIpc) is 2.16. The summed E-state index contributed by atoms with van der Waals surface area (Å²) in [4.78, 5) is 0. The zero-order valence-corrected chi connectivity index (χ0v) is 10.1. The molecule has 0 aromatic carbocycles. The Balaban J connectivity index is 1.96. The van der Waals surface area contributed by atoms with Gasteiger partial charge in [0.05, 0.1) is 27.2 Å². The Morgan fingerprint density at radius 3 is 2.07 bits per heavy atom. The Kier molecular flexibility index (Phi) is 2.88. The summed E-state index contributed by atoms with van der Waals surface area (Å²) in [5, 5.41) is 0. The summed E-state index contributed by atoms with van der Waals surface area (Å²) < 4.78 is 1.18. The number of fused-ring (bicyclic) bond motifs is 1. The van der Waals surface area contributed by atoms with Gasteiger partial charge in [0.2, 0.25) is 0 Å². The fourth-order valence-corrected chi connectivity index (χ4v) is 3.55. The molecule has 0 aromatic heterocycles. The van der Waals surface area contributed by atoms with Crippen LogP contribution in [0.4, 0.5) is 0 Å². The van der Waals surface area contributed by atoms with Gasteiger partial charge in [0.1, 0.15) is 0 Å². The maximum absolute atomic E-state index is 2.37. The lowest BCUT2D eigenvalue weighted by Crippen LogP contribution is -2.49. The molecule has 2 saturated carbocycles. The van der Waals surface area contributed by atoms with Crippen molar-refractivity contribution in [3.05, 3.63) is 0 Å². The van der Waals surface area contributed by atoms with E-state index in [9.17, 15) is 0 Å². The molecular formula is C13H26N+. The molecular weight excluding hydrogens is 170 g/mol. The van der Waals surface area contributed by atoms with Crippen LogP contribution in [0.25, 0.3) is 0 Å². The Morgan fingerprint density at radius 2 is 1.43 bits per heavy atom. The van der Waals surface area contributed by atoms with E-state index in [1.807, 2.05) is 0 Å². The van der Waals surface area contributed by atoms with Crippen molar-refractivity contribution in [2.24, 2.45) is 11.8 Å². The maximum Gasteiger partial charge on any atom is 0.0887 e. The Morgan fingerprint density at radius 1 is 0.786 bits per heavy atom. The SMILES string of the molecule is C[N+](C)(C)[C@H]1CC[C@@H]2CCCC[C@@H]2C1. The summed E-state index contributed by atoms with van der Waals surface area (Å²) in [5.41, 5.74) is 0. The van der Waals surface area contributed by atoms with Crippen LogP contribution in [0.2, 0.25) is 0 Å². The van der Waals surface area contributed by atoms with Crippen molar-refractivity contribution in [1.82, 2.24) is 0 Å². The molecule has 2 aliphatic rings. The van der Waals surface area contributed by atoms with Gasteiger partial charge in [-0.2, -0.15) is 0 Å². The molecule has 0 spiro atoms. The topological polar surface area (TPSA) is 0 Å². The standard InChI is InChI=1S/C13H26N/c1-14(2,3)13-9-8-11-6-4-5-7-12(11)10-13/h11-13H,4-10H2,1-3H3/q+1/t11-,12+,13-/m0/s1. The van der Waals surface area contributed by atoms with Crippen molar-refractivity contribution in [1.29, 1.82) is 0 Å². The average molecular weight is 196 g/mol. The van der Waals surface area contributed by atoms with Crippen molar-refractivity contribution in [2.45, 2.75) is 51.0 Å². The van der Waals surface area contributed by atoms with Crippen LogP contribution >= 0.6 is 0 Å². The van der Waals surface area contributed by atoms with Gasteiger partial charge in [-0.3, -0.25) is 0 Å². The van der Waals surface area contributed by atoms with E-state index in [-0.39, 0.29) is 0 Å². The summed E-state index contributed by atoms with van der Waals surface area (Å²) in [6.07, 6.45) is 10.6. The summed E-state index contributed by atoms with van der Waals surface area (Å²) in [6.45, 7) is 0. The first kappa shape index (κ1) is 10.5. The van der Waals surface area contributed by atoms with E-state index in [0.29, 0.717) is 0 Å². The van der Waals surface area contributed by atoms with Gasteiger partial charge in [-0.05, 0) is 31.1 Å². The second kappa shape index (κ2) is 3.84. The van der Waals surface area contributed by atoms with E-state index in [1.54, 1.807) is 0 Å². The van der Waals surface area contributed by atoms with Crippen LogP contribution in [0.1, 0.15) is 44.9 Å². The highest BCUT2D eigenvalue weighted by Crippen LogP contribution is 2.42. The van der Waals surface area contributed by atoms with E-state index in [2.05, 4.69) is 21.1 Å². The minimum atomic E-state index is 0.939. The zero-order valence-electron chi connectivity index (χ0n) is 10.1. The summed E-state index contributed by atoms with van der Waals surface area (Å²) in [6, 6.07) is 0.939. The third-order valence-corrected chi connectivity index (χ3v) is 4.61. The summed E-state index contributed by atoms with van der Waals surface area (Å²) >= 11 is 0. The molecule has 2 fully saturated rings. The van der Waals surface area contributed by atoms with Crippen molar-refractivity contribution in [3.63, 3.8) is 0 Å². The van der Waals surface area contributed by atoms with Gasteiger partial charge < -0.3 is 4.48 Å². The number of hydrogen-bond donors (Lipinski definition) is 0. The van der Waals surface area contributed by atoms with Gasteiger partial charge >= 0.3 is 0 Å². The molecule has 82 valence electrons. The van der Waals surface area contributed by atoms with Gasteiger partial charge in [0.15, 0.2) is 0 Å². The smallest absolute Gasteiger partial charge is 0.0887 e. The minimum Gasteiger partial charge on any atom is -0.328 e. The van der Waals surface area contributed by atoms with E-state index in [0.717, 1.165) is 17.9 Å². The van der Waals surface area contributed by atoms with Crippen LogP contribution in [0.3, 0.4) is 0 Å². The molecule has 0 unspecified atom stereocenters. The van der Waals surface area contributed by atoms with Gasteiger partial charge in [-0.25, -0.2) is 0 Å². The molecule has 2 aliphatic carbocycles. The van der Waals surface area contributed by atoms with Crippen LogP contribution in [0.5, 0.6) is 0 Å². The van der Waals surface area contributed by atoms with Crippen molar-refractivity contribution in [3.8, 4) is 0 Å². The van der Waals surface area contributed by atoms with Crippen LogP contribution in [0, 0.1) is 11.8 Å². The molecule has 0 radical (unpaired) electrons. The number of rotatable bonds is 1. The predicted molar refractivity (Wildman–Crippen MR) is 61.1 cm³/mol. The highest BCUT2D eigenvalue weighted by molar-refractivity contribution is 4.83. The first-order valence-corrected chi connectivity index (χ1v) is 6.38. The predicted octanol–water partition coefficient (Wildman–Crippen LogP) is 3.05. The minimum absolute atomic E-state index is 0.939. The monoisotopic (exact) mass is 196 g/mol. The van der Waals surface area contributed by atoms with E-state index in [1.165, 1.54) is 49.4 Å². The number of quaternary nitrogens is 1. The molecule has 1 heteroatoms. The molecule has 0 bridgehead atoms. The van der Waals surface area contributed by atoms with Crippen LogP contribution in [-0.4, -0.2) is 31.7 Å². The third kappa shape index (κ3) is 2.13. The molecule has 0 saturated heterocycles. The zero-order chi connectivity index (χ0) is 10.2.